The van der Waals surface area contributed by atoms with E-state index in [0.29, 0.717) is 0 Å². The summed E-state index contributed by atoms with van der Waals surface area (Å²) >= 11 is 0. The van der Waals surface area contributed by atoms with Crippen LogP contribution >= 0.6 is 0 Å². The van der Waals surface area contributed by atoms with Crippen LogP contribution in [0.25, 0.3) is 0 Å². The number of pyridine rings is 1. The van der Waals surface area contributed by atoms with Gasteiger partial charge in [0.05, 0.1) is 29.4 Å². The first kappa shape index (κ1) is 16.3. The standard InChI is InChI=1S/C18H27N5/c1-15-17-5-3-6-18(21-17)16(2)20-8-10-23-13-11-22(12-14-23)9-4-7-19-15/h3,5-6H,4,7-14H2,1-2H3. The Morgan fingerprint density at radius 2 is 1.30 bits per heavy atom. The van der Waals surface area contributed by atoms with Crippen LogP contribution in [0.1, 0.15) is 31.7 Å². The molecule has 0 N–H and O–H groups in total. The molecule has 1 aromatic heterocycles. The molecule has 0 unspecified atom stereocenters. The van der Waals surface area contributed by atoms with Crippen molar-refractivity contribution >= 4 is 11.4 Å². The summed E-state index contributed by atoms with van der Waals surface area (Å²) in [5, 5.41) is 0. The molecule has 23 heavy (non-hydrogen) atoms. The highest BCUT2D eigenvalue weighted by Crippen LogP contribution is 2.06. The van der Waals surface area contributed by atoms with E-state index in [1.807, 2.05) is 12.1 Å². The summed E-state index contributed by atoms with van der Waals surface area (Å²) in [7, 11) is 0. The summed E-state index contributed by atoms with van der Waals surface area (Å²) in [5.74, 6) is 0. The third-order valence-corrected chi connectivity index (χ3v) is 4.70. The Morgan fingerprint density at radius 1 is 0.739 bits per heavy atom. The molecular formula is C18H27N5. The Labute approximate surface area is 139 Å². The molecule has 0 aromatic carbocycles. The summed E-state index contributed by atoms with van der Waals surface area (Å²) in [6, 6.07) is 6.13. The first-order valence-corrected chi connectivity index (χ1v) is 8.67. The molecule has 0 amide bonds. The number of nitrogens with zero attached hydrogens (tertiary/aromatic N) is 5. The van der Waals surface area contributed by atoms with Gasteiger partial charge in [0.2, 0.25) is 0 Å². The number of rotatable bonds is 0. The lowest BCUT2D eigenvalue weighted by Gasteiger charge is -2.34. The van der Waals surface area contributed by atoms with Gasteiger partial charge >= 0.3 is 0 Å². The SMILES string of the molecule is CC1=NCCCN2CCN(CCN=C(C)c3cccc1n3)CC2. The molecule has 0 aliphatic carbocycles. The summed E-state index contributed by atoms with van der Waals surface area (Å²) < 4.78 is 0. The minimum atomic E-state index is 0.852. The zero-order valence-electron chi connectivity index (χ0n) is 14.3. The Balaban J connectivity index is 1.81. The molecule has 0 radical (unpaired) electrons. The lowest BCUT2D eigenvalue weighted by atomic mass is 10.2. The lowest BCUT2D eigenvalue weighted by molar-refractivity contribution is 0.135. The minimum Gasteiger partial charge on any atom is -0.301 e. The molecule has 3 aliphatic heterocycles. The van der Waals surface area contributed by atoms with E-state index in [-0.39, 0.29) is 0 Å². The van der Waals surface area contributed by atoms with Crippen LogP contribution in [0, 0.1) is 0 Å². The number of hydrogen-bond donors (Lipinski definition) is 0. The Hall–Kier alpha value is -1.59. The van der Waals surface area contributed by atoms with Gasteiger partial charge in [-0.05, 0) is 38.9 Å². The highest BCUT2D eigenvalue weighted by atomic mass is 15.3. The van der Waals surface area contributed by atoms with E-state index in [1.54, 1.807) is 0 Å². The monoisotopic (exact) mass is 313 g/mol. The number of aliphatic imine (C=N–C) groups is 2. The van der Waals surface area contributed by atoms with Gasteiger partial charge in [0.1, 0.15) is 0 Å². The molecule has 1 saturated heterocycles. The number of piperazine rings is 1. The second-order valence-electron chi connectivity index (χ2n) is 6.38. The number of fused-ring (bicyclic) bond motifs is 7. The van der Waals surface area contributed by atoms with Gasteiger partial charge in [-0.15, -0.1) is 0 Å². The fourth-order valence-corrected chi connectivity index (χ4v) is 3.14. The van der Waals surface area contributed by atoms with E-state index >= 15 is 0 Å². The Bertz CT molecular complexity index is 585. The van der Waals surface area contributed by atoms with E-state index in [1.165, 1.54) is 13.1 Å². The average Bonchev–Trinajstić information content (AvgIpc) is 2.59. The molecule has 5 heteroatoms. The second kappa shape index (κ2) is 7.79. The largest absolute Gasteiger partial charge is 0.301 e. The molecule has 0 atom stereocenters. The van der Waals surface area contributed by atoms with Gasteiger partial charge in [-0.3, -0.25) is 14.9 Å². The van der Waals surface area contributed by atoms with Crippen molar-refractivity contribution < 1.29 is 0 Å². The first-order chi connectivity index (χ1) is 11.2. The molecule has 0 spiro atoms. The third-order valence-electron chi connectivity index (χ3n) is 4.70. The first-order valence-electron chi connectivity index (χ1n) is 8.67. The van der Waals surface area contributed by atoms with Crippen molar-refractivity contribution in [3.8, 4) is 0 Å². The molecule has 0 saturated carbocycles. The van der Waals surface area contributed by atoms with Crippen molar-refractivity contribution in [2.45, 2.75) is 20.3 Å². The highest BCUT2D eigenvalue weighted by Gasteiger charge is 2.16. The molecule has 3 aliphatic rings. The van der Waals surface area contributed by atoms with Crippen LogP contribution in [0.3, 0.4) is 0 Å². The molecular weight excluding hydrogens is 286 g/mol. The van der Waals surface area contributed by atoms with Gasteiger partial charge in [0, 0.05) is 39.3 Å². The molecule has 1 fully saturated rings. The topological polar surface area (TPSA) is 44.1 Å². The summed E-state index contributed by atoms with van der Waals surface area (Å²) in [6.45, 7) is 12.7. The molecule has 4 heterocycles. The van der Waals surface area contributed by atoms with Gasteiger partial charge in [0.25, 0.3) is 0 Å². The number of aromatic nitrogens is 1. The van der Waals surface area contributed by atoms with E-state index in [9.17, 15) is 0 Å². The van der Waals surface area contributed by atoms with Crippen LogP contribution in [0.15, 0.2) is 28.2 Å². The van der Waals surface area contributed by atoms with E-state index < -0.39 is 0 Å². The second-order valence-corrected chi connectivity index (χ2v) is 6.38. The molecule has 5 nitrogen and oxygen atoms in total. The molecule has 1 aromatic rings. The normalized spacial score (nSPS) is 26.5. The van der Waals surface area contributed by atoms with Crippen molar-refractivity contribution in [2.24, 2.45) is 9.98 Å². The van der Waals surface area contributed by atoms with E-state index in [4.69, 9.17) is 15.0 Å². The fourth-order valence-electron chi connectivity index (χ4n) is 3.14. The van der Waals surface area contributed by atoms with Crippen molar-refractivity contribution in [1.82, 2.24) is 14.8 Å². The zero-order chi connectivity index (χ0) is 16.1. The third kappa shape index (κ3) is 4.45. The van der Waals surface area contributed by atoms with Crippen LogP contribution in [-0.4, -0.2) is 78.6 Å². The quantitative estimate of drug-likeness (QED) is 0.732. The maximum absolute atomic E-state index is 4.73. The van der Waals surface area contributed by atoms with Gasteiger partial charge in [-0.1, -0.05) is 6.07 Å². The molecule has 124 valence electrons. The Morgan fingerprint density at radius 3 is 1.96 bits per heavy atom. The smallest absolute Gasteiger partial charge is 0.0845 e. The summed E-state index contributed by atoms with van der Waals surface area (Å²) in [5.41, 5.74) is 3.98. The van der Waals surface area contributed by atoms with Crippen LogP contribution in [0.4, 0.5) is 0 Å². The van der Waals surface area contributed by atoms with E-state index in [0.717, 1.165) is 68.5 Å². The van der Waals surface area contributed by atoms with Crippen LogP contribution in [-0.2, 0) is 0 Å². The van der Waals surface area contributed by atoms with Crippen molar-refractivity contribution in [2.75, 3.05) is 52.4 Å². The van der Waals surface area contributed by atoms with Crippen LogP contribution in [0.2, 0.25) is 0 Å². The van der Waals surface area contributed by atoms with Gasteiger partial charge < -0.3 is 4.90 Å². The minimum absolute atomic E-state index is 0.852. The highest BCUT2D eigenvalue weighted by molar-refractivity contribution is 6.00. The predicted molar refractivity (Wildman–Crippen MR) is 95.9 cm³/mol. The summed E-state index contributed by atoms with van der Waals surface area (Å²) in [6.07, 6.45) is 1.12. The van der Waals surface area contributed by atoms with Gasteiger partial charge in [0.15, 0.2) is 0 Å². The van der Waals surface area contributed by atoms with Crippen LogP contribution < -0.4 is 0 Å². The maximum Gasteiger partial charge on any atom is 0.0845 e. The summed E-state index contributed by atoms with van der Waals surface area (Å²) in [4.78, 5) is 19.2. The predicted octanol–water partition coefficient (Wildman–Crippen LogP) is 1.72. The van der Waals surface area contributed by atoms with Crippen LogP contribution in [0.5, 0.6) is 0 Å². The van der Waals surface area contributed by atoms with Gasteiger partial charge in [-0.2, -0.15) is 0 Å². The maximum atomic E-state index is 4.73. The number of hydrogen-bond acceptors (Lipinski definition) is 5. The van der Waals surface area contributed by atoms with Gasteiger partial charge in [-0.25, -0.2) is 4.98 Å². The Kier molecular flexibility index (Phi) is 5.51. The fraction of sp³-hybridized carbons (Fsp3) is 0.611. The van der Waals surface area contributed by atoms with Crippen molar-refractivity contribution in [3.05, 3.63) is 29.6 Å². The van der Waals surface area contributed by atoms with Crippen molar-refractivity contribution in [1.29, 1.82) is 0 Å². The average molecular weight is 313 g/mol. The molecule has 4 rings (SSSR count). The molecule has 4 bridgehead atoms. The van der Waals surface area contributed by atoms with E-state index in [2.05, 4.69) is 29.7 Å². The van der Waals surface area contributed by atoms with Crippen molar-refractivity contribution in [3.63, 3.8) is 0 Å². The zero-order valence-corrected chi connectivity index (χ0v) is 14.3. The lowest BCUT2D eigenvalue weighted by Crippen LogP contribution is -2.47.